The number of hydrogen-bond acceptors (Lipinski definition) is 7. The molecule has 0 radical (unpaired) electrons. The highest BCUT2D eigenvalue weighted by molar-refractivity contribution is 7.91. The molecule has 2 atom stereocenters. The van der Waals surface area contributed by atoms with Gasteiger partial charge in [0.15, 0.2) is 9.90 Å². The van der Waals surface area contributed by atoms with E-state index in [9.17, 15) is 13.2 Å². The van der Waals surface area contributed by atoms with Gasteiger partial charge in [0.1, 0.15) is 0 Å². The quantitative estimate of drug-likeness (QED) is 0.777. The van der Waals surface area contributed by atoms with Gasteiger partial charge in [-0.05, 0) is 26.3 Å². The van der Waals surface area contributed by atoms with Gasteiger partial charge < -0.3 is 10.1 Å². The Morgan fingerprint density at radius 3 is 3.00 bits per heavy atom. The van der Waals surface area contributed by atoms with Gasteiger partial charge in [0.2, 0.25) is 0 Å². The summed E-state index contributed by atoms with van der Waals surface area (Å²) in [5.74, 6) is -0.749. The summed E-state index contributed by atoms with van der Waals surface area (Å²) in [6.45, 7) is 2.81. The minimum atomic E-state index is -3.77. The lowest BCUT2D eigenvalue weighted by atomic mass is 10.0. The second-order valence-corrected chi connectivity index (χ2v) is 7.36. The molecular formula is C11H17N3O4S2. The van der Waals surface area contributed by atoms with E-state index in [4.69, 9.17) is 0 Å². The van der Waals surface area contributed by atoms with Gasteiger partial charge in [-0.25, -0.2) is 22.9 Å². The van der Waals surface area contributed by atoms with Gasteiger partial charge in [0.05, 0.1) is 12.6 Å². The second kappa shape index (κ2) is 6.17. The van der Waals surface area contributed by atoms with Crippen LogP contribution < -0.4 is 10.0 Å². The average molecular weight is 319 g/mol. The van der Waals surface area contributed by atoms with Crippen LogP contribution in [-0.2, 0) is 14.8 Å². The minimum Gasteiger partial charge on any atom is -0.464 e. The van der Waals surface area contributed by atoms with Crippen LogP contribution in [-0.4, -0.2) is 45.1 Å². The third-order valence-electron chi connectivity index (χ3n) is 3.23. The number of methoxy groups -OCH3 is 1. The molecule has 0 spiro atoms. The van der Waals surface area contributed by atoms with E-state index in [-0.39, 0.29) is 22.0 Å². The summed E-state index contributed by atoms with van der Waals surface area (Å²) in [7, 11) is -2.58. The second-order valence-electron chi connectivity index (χ2n) is 4.59. The molecule has 1 saturated heterocycles. The van der Waals surface area contributed by atoms with Crippen molar-refractivity contribution >= 4 is 27.3 Å². The molecule has 2 N–H and O–H groups in total. The van der Waals surface area contributed by atoms with Crippen molar-refractivity contribution in [2.75, 3.05) is 13.7 Å². The summed E-state index contributed by atoms with van der Waals surface area (Å²) in [4.78, 5) is 15.3. The van der Waals surface area contributed by atoms with Crippen molar-refractivity contribution in [2.24, 2.45) is 0 Å². The van der Waals surface area contributed by atoms with Crippen LogP contribution in [0.4, 0.5) is 0 Å². The molecule has 2 rings (SSSR count). The van der Waals surface area contributed by atoms with E-state index in [2.05, 4.69) is 19.8 Å². The molecule has 1 aliphatic heterocycles. The standard InChI is InChI=1S/C11H17N3O4S2/c1-7-8(4-3-5-12-7)14-20(16,17)11-9(10(15)18-2)13-6-19-11/h6-8,12,14H,3-5H2,1-2H3/t7-,8+/m1/s1. The van der Waals surface area contributed by atoms with E-state index >= 15 is 0 Å². The molecule has 0 unspecified atom stereocenters. The molecule has 0 aliphatic carbocycles. The Morgan fingerprint density at radius 2 is 2.35 bits per heavy atom. The minimum absolute atomic E-state index is 0.0491. The van der Waals surface area contributed by atoms with Gasteiger partial charge in [-0.15, -0.1) is 11.3 Å². The number of aromatic nitrogens is 1. The molecule has 1 aromatic rings. The van der Waals surface area contributed by atoms with E-state index in [0.29, 0.717) is 0 Å². The summed E-state index contributed by atoms with van der Waals surface area (Å²) in [5, 5.41) is 3.22. The maximum Gasteiger partial charge on any atom is 0.358 e. The molecular weight excluding hydrogens is 302 g/mol. The van der Waals surface area contributed by atoms with Crippen molar-refractivity contribution < 1.29 is 17.9 Å². The van der Waals surface area contributed by atoms with E-state index in [0.717, 1.165) is 30.7 Å². The highest BCUT2D eigenvalue weighted by atomic mass is 32.2. The highest BCUT2D eigenvalue weighted by Gasteiger charge is 2.31. The maximum absolute atomic E-state index is 12.4. The largest absolute Gasteiger partial charge is 0.464 e. The zero-order valence-corrected chi connectivity index (χ0v) is 12.9. The SMILES string of the molecule is COC(=O)c1ncsc1S(=O)(=O)N[C@H]1CCCN[C@@H]1C. The van der Waals surface area contributed by atoms with Crippen LogP contribution in [0.25, 0.3) is 0 Å². The fourth-order valence-corrected chi connectivity index (χ4v) is 4.62. The number of nitrogens with zero attached hydrogens (tertiary/aromatic N) is 1. The molecule has 0 bridgehead atoms. The fourth-order valence-electron chi connectivity index (χ4n) is 2.12. The van der Waals surface area contributed by atoms with Crippen molar-refractivity contribution in [2.45, 2.75) is 36.1 Å². The topological polar surface area (TPSA) is 97.4 Å². The van der Waals surface area contributed by atoms with E-state index in [1.165, 1.54) is 12.6 Å². The highest BCUT2D eigenvalue weighted by Crippen LogP contribution is 2.22. The number of piperidine rings is 1. The van der Waals surface area contributed by atoms with Gasteiger partial charge in [-0.2, -0.15) is 0 Å². The van der Waals surface area contributed by atoms with Crippen LogP contribution in [0.2, 0.25) is 0 Å². The van der Waals surface area contributed by atoms with Crippen LogP contribution in [0, 0.1) is 0 Å². The number of carbonyl (C=O) groups excluding carboxylic acids is 1. The first-order chi connectivity index (χ1) is 9.45. The molecule has 9 heteroatoms. The van der Waals surface area contributed by atoms with Gasteiger partial charge in [0, 0.05) is 12.1 Å². The van der Waals surface area contributed by atoms with Crippen LogP contribution in [0.15, 0.2) is 9.72 Å². The summed E-state index contributed by atoms with van der Waals surface area (Å²) in [6.07, 6.45) is 1.67. The first kappa shape index (κ1) is 15.4. The van der Waals surface area contributed by atoms with Crippen LogP contribution >= 0.6 is 11.3 Å². The number of rotatable bonds is 4. The van der Waals surface area contributed by atoms with Crippen molar-refractivity contribution in [3.63, 3.8) is 0 Å². The molecule has 112 valence electrons. The summed E-state index contributed by atoms with van der Waals surface area (Å²) < 4.78 is 31.8. The maximum atomic E-state index is 12.4. The lowest BCUT2D eigenvalue weighted by Gasteiger charge is -2.30. The number of ether oxygens (including phenoxy) is 1. The van der Waals surface area contributed by atoms with Crippen LogP contribution in [0.1, 0.15) is 30.3 Å². The number of sulfonamides is 1. The van der Waals surface area contributed by atoms with Gasteiger partial charge in [-0.1, -0.05) is 0 Å². The summed E-state index contributed by atoms with van der Waals surface area (Å²) in [5.41, 5.74) is 1.16. The average Bonchev–Trinajstić information content (AvgIpc) is 2.90. The number of esters is 1. The molecule has 2 heterocycles. The molecule has 0 amide bonds. The zero-order valence-electron chi connectivity index (χ0n) is 11.3. The first-order valence-corrected chi connectivity index (χ1v) is 8.59. The van der Waals surface area contributed by atoms with E-state index < -0.39 is 16.0 Å². The Kier molecular flexibility index (Phi) is 4.74. The monoisotopic (exact) mass is 319 g/mol. The Balaban J connectivity index is 2.22. The lowest BCUT2D eigenvalue weighted by molar-refractivity contribution is 0.0590. The van der Waals surface area contributed by atoms with Crippen molar-refractivity contribution in [3.8, 4) is 0 Å². The zero-order chi connectivity index (χ0) is 14.8. The number of thiazole rings is 1. The molecule has 1 aliphatic rings. The van der Waals surface area contributed by atoms with Gasteiger partial charge >= 0.3 is 5.97 Å². The summed E-state index contributed by atoms with van der Waals surface area (Å²) in [6, 6.07) is -0.144. The van der Waals surface area contributed by atoms with Gasteiger partial charge in [-0.3, -0.25) is 0 Å². The number of nitrogens with one attached hydrogen (secondary N) is 2. The molecule has 1 fully saturated rings. The number of hydrogen-bond donors (Lipinski definition) is 2. The molecule has 0 saturated carbocycles. The third-order valence-corrected chi connectivity index (χ3v) is 6.09. The van der Waals surface area contributed by atoms with Gasteiger partial charge in [0.25, 0.3) is 10.0 Å². The van der Waals surface area contributed by atoms with E-state index in [1.54, 1.807) is 0 Å². The summed E-state index contributed by atoms with van der Waals surface area (Å²) >= 11 is 0.907. The molecule has 20 heavy (non-hydrogen) atoms. The van der Waals surface area contributed by atoms with Crippen LogP contribution in [0.5, 0.6) is 0 Å². The molecule has 1 aromatic heterocycles. The predicted octanol–water partition coefficient (Wildman–Crippen LogP) is 0.348. The fraction of sp³-hybridized carbons (Fsp3) is 0.636. The number of carbonyl (C=O) groups is 1. The predicted molar refractivity (Wildman–Crippen MR) is 74.3 cm³/mol. The molecule has 0 aromatic carbocycles. The Bertz CT molecular complexity index is 584. The smallest absolute Gasteiger partial charge is 0.358 e. The van der Waals surface area contributed by atoms with Crippen LogP contribution in [0.3, 0.4) is 0 Å². The van der Waals surface area contributed by atoms with Crippen molar-refractivity contribution in [1.82, 2.24) is 15.0 Å². The Hall–Kier alpha value is -1.03. The first-order valence-electron chi connectivity index (χ1n) is 6.23. The lowest BCUT2D eigenvalue weighted by Crippen LogP contribution is -2.51. The normalized spacial score (nSPS) is 23.5. The van der Waals surface area contributed by atoms with Crippen molar-refractivity contribution in [1.29, 1.82) is 0 Å². The Morgan fingerprint density at radius 1 is 1.60 bits per heavy atom. The Labute approximate surface area is 121 Å². The van der Waals surface area contributed by atoms with Crippen molar-refractivity contribution in [3.05, 3.63) is 11.2 Å². The van der Waals surface area contributed by atoms with E-state index in [1.807, 2.05) is 6.92 Å². The molecule has 7 nitrogen and oxygen atoms in total. The third kappa shape index (κ3) is 3.17.